The van der Waals surface area contributed by atoms with E-state index in [9.17, 15) is 9.59 Å². The fraction of sp³-hybridized carbons (Fsp3) is 0.368. The third kappa shape index (κ3) is 3.99. The lowest BCUT2D eigenvalue weighted by Gasteiger charge is -2.12. The van der Waals surface area contributed by atoms with Crippen LogP contribution in [0.15, 0.2) is 24.3 Å². The maximum absolute atomic E-state index is 12.4. The molecule has 0 atom stereocenters. The SMILES string of the molecule is CCOC(=O)c1c(NC(=O)Nc2cccc(OC)c2)sc2c1CCCC2. The fourth-order valence-electron chi connectivity index (χ4n) is 3.04. The number of methoxy groups -OCH3 is 1. The van der Waals surface area contributed by atoms with E-state index >= 15 is 0 Å². The minimum absolute atomic E-state index is 0.304. The Morgan fingerprint density at radius 2 is 2.00 bits per heavy atom. The summed E-state index contributed by atoms with van der Waals surface area (Å²) in [7, 11) is 1.57. The van der Waals surface area contributed by atoms with E-state index in [1.54, 1.807) is 38.3 Å². The Kier molecular flexibility index (Phi) is 5.78. The van der Waals surface area contributed by atoms with Gasteiger partial charge in [-0.05, 0) is 50.3 Å². The molecule has 1 aliphatic rings. The zero-order chi connectivity index (χ0) is 18.5. The van der Waals surface area contributed by atoms with Crippen molar-refractivity contribution in [3.8, 4) is 5.75 Å². The second-order valence-electron chi connectivity index (χ2n) is 5.95. The number of ether oxygens (including phenoxy) is 2. The minimum Gasteiger partial charge on any atom is -0.497 e. The molecule has 0 saturated carbocycles. The van der Waals surface area contributed by atoms with Crippen LogP contribution < -0.4 is 15.4 Å². The number of fused-ring (bicyclic) bond motifs is 1. The van der Waals surface area contributed by atoms with E-state index in [0.717, 1.165) is 36.1 Å². The van der Waals surface area contributed by atoms with Crippen LogP contribution in [0.5, 0.6) is 5.75 Å². The summed E-state index contributed by atoms with van der Waals surface area (Å²) in [5.41, 5.74) is 2.14. The van der Waals surface area contributed by atoms with Gasteiger partial charge in [0.25, 0.3) is 0 Å². The number of carbonyl (C=O) groups is 2. The van der Waals surface area contributed by atoms with Gasteiger partial charge in [0.1, 0.15) is 10.8 Å². The van der Waals surface area contributed by atoms with Crippen LogP contribution in [-0.4, -0.2) is 25.7 Å². The van der Waals surface area contributed by atoms with Crippen molar-refractivity contribution >= 4 is 34.0 Å². The molecule has 1 heterocycles. The molecule has 0 fully saturated rings. The highest BCUT2D eigenvalue weighted by molar-refractivity contribution is 7.17. The van der Waals surface area contributed by atoms with Crippen LogP contribution >= 0.6 is 11.3 Å². The Bertz CT molecular complexity index is 816. The molecule has 1 aromatic carbocycles. The van der Waals surface area contributed by atoms with E-state index in [-0.39, 0.29) is 5.97 Å². The van der Waals surface area contributed by atoms with Gasteiger partial charge in [-0.3, -0.25) is 5.32 Å². The Labute approximate surface area is 156 Å². The van der Waals surface area contributed by atoms with E-state index in [4.69, 9.17) is 9.47 Å². The molecular formula is C19H22N2O4S. The van der Waals surface area contributed by atoms with Crippen molar-refractivity contribution in [3.63, 3.8) is 0 Å². The summed E-state index contributed by atoms with van der Waals surface area (Å²) in [5, 5.41) is 6.14. The first-order valence-corrected chi connectivity index (χ1v) is 9.47. The number of urea groups is 1. The molecule has 0 bridgehead atoms. The van der Waals surface area contributed by atoms with Crippen LogP contribution in [0.1, 0.15) is 40.6 Å². The number of benzene rings is 1. The number of anilines is 2. The second kappa shape index (κ2) is 8.23. The summed E-state index contributed by atoms with van der Waals surface area (Å²) in [6.07, 6.45) is 3.93. The Morgan fingerprint density at radius 3 is 2.77 bits per heavy atom. The van der Waals surface area contributed by atoms with Gasteiger partial charge in [-0.15, -0.1) is 11.3 Å². The molecule has 3 rings (SSSR count). The maximum Gasteiger partial charge on any atom is 0.341 e. The van der Waals surface area contributed by atoms with Crippen LogP contribution in [0.3, 0.4) is 0 Å². The Hall–Kier alpha value is -2.54. The fourth-order valence-corrected chi connectivity index (χ4v) is 4.31. The van der Waals surface area contributed by atoms with E-state index in [1.807, 2.05) is 0 Å². The van der Waals surface area contributed by atoms with E-state index < -0.39 is 6.03 Å². The molecule has 1 aliphatic carbocycles. The van der Waals surface area contributed by atoms with Crippen LogP contribution in [0.25, 0.3) is 0 Å². The summed E-state index contributed by atoms with van der Waals surface area (Å²) in [4.78, 5) is 26.0. The van der Waals surface area contributed by atoms with Crippen LogP contribution in [-0.2, 0) is 17.6 Å². The van der Waals surface area contributed by atoms with Crippen molar-refractivity contribution in [1.29, 1.82) is 0 Å². The highest BCUT2D eigenvalue weighted by Gasteiger charge is 2.27. The number of rotatable bonds is 5. The van der Waals surface area contributed by atoms with Gasteiger partial charge in [0, 0.05) is 16.6 Å². The second-order valence-corrected chi connectivity index (χ2v) is 7.05. The van der Waals surface area contributed by atoms with Crippen molar-refractivity contribution in [3.05, 3.63) is 40.3 Å². The third-order valence-corrected chi connectivity index (χ3v) is 5.41. The molecule has 0 radical (unpaired) electrons. The lowest BCUT2D eigenvalue weighted by Crippen LogP contribution is -2.20. The molecule has 2 aromatic rings. The van der Waals surface area contributed by atoms with Gasteiger partial charge < -0.3 is 14.8 Å². The number of nitrogens with one attached hydrogen (secondary N) is 2. The minimum atomic E-state index is -0.401. The molecule has 7 heteroatoms. The number of hydrogen-bond acceptors (Lipinski definition) is 5. The van der Waals surface area contributed by atoms with Gasteiger partial charge in [0.2, 0.25) is 0 Å². The maximum atomic E-state index is 12.4. The predicted molar refractivity (Wildman–Crippen MR) is 103 cm³/mol. The summed E-state index contributed by atoms with van der Waals surface area (Å²) < 4.78 is 10.4. The number of hydrogen-bond donors (Lipinski definition) is 2. The first-order valence-electron chi connectivity index (χ1n) is 8.66. The number of aryl methyl sites for hydroxylation is 1. The standard InChI is InChI=1S/C19H22N2O4S/c1-3-25-18(22)16-14-9-4-5-10-15(14)26-17(16)21-19(23)20-12-7-6-8-13(11-12)24-2/h6-8,11H,3-5,9-10H2,1-2H3,(H2,20,21,23). The quantitative estimate of drug-likeness (QED) is 0.758. The molecule has 6 nitrogen and oxygen atoms in total. The summed E-state index contributed by atoms with van der Waals surface area (Å²) >= 11 is 1.47. The third-order valence-electron chi connectivity index (χ3n) is 4.21. The number of thiophene rings is 1. The molecule has 2 amide bonds. The molecule has 1 aromatic heterocycles. The first kappa shape index (κ1) is 18.3. The van der Waals surface area contributed by atoms with E-state index in [0.29, 0.717) is 28.6 Å². The average molecular weight is 374 g/mol. The zero-order valence-electron chi connectivity index (χ0n) is 14.9. The lowest BCUT2D eigenvalue weighted by atomic mass is 9.95. The largest absolute Gasteiger partial charge is 0.497 e. The summed E-state index contributed by atoms with van der Waals surface area (Å²) in [6, 6.07) is 6.69. The highest BCUT2D eigenvalue weighted by atomic mass is 32.1. The normalized spacial score (nSPS) is 12.8. The van der Waals surface area contributed by atoms with E-state index in [1.165, 1.54) is 11.3 Å². The van der Waals surface area contributed by atoms with Gasteiger partial charge >= 0.3 is 12.0 Å². The number of carbonyl (C=O) groups excluding carboxylic acids is 2. The van der Waals surface area contributed by atoms with Crippen molar-refractivity contribution < 1.29 is 19.1 Å². The highest BCUT2D eigenvalue weighted by Crippen LogP contribution is 2.38. The smallest absolute Gasteiger partial charge is 0.341 e. The molecule has 0 unspecified atom stereocenters. The van der Waals surface area contributed by atoms with Crippen LogP contribution in [0, 0.1) is 0 Å². The summed E-state index contributed by atoms with van der Waals surface area (Å²) in [6.45, 7) is 2.08. The molecule has 0 saturated heterocycles. The number of amides is 2. The molecule has 2 N–H and O–H groups in total. The van der Waals surface area contributed by atoms with E-state index in [2.05, 4.69) is 10.6 Å². The van der Waals surface area contributed by atoms with Crippen LogP contribution in [0.2, 0.25) is 0 Å². The molecule has 0 spiro atoms. The first-order chi connectivity index (χ1) is 12.6. The topological polar surface area (TPSA) is 76.7 Å². The number of esters is 1. The predicted octanol–water partition coefficient (Wildman–Crippen LogP) is 4.46. The Balaban J connectivity index is 1.80. The lowest BCUT2D eigenvalue weighted by molar-refractivity contribution is 0.0526. The van der Waals surface area contributed by atoms with Gasteiger partial charge in [-0.2, -0.15) is 0 Å². The van der Waals surface area contributed by atoms with Crippen LogP contribution in [0.4, 0.5) is 15.5 Å². The monoisotopic (exact) mass is 374 g/mol. The molecule has 26 heavy (non-hydrogen) atoms. The molecule has 0 aliphatic heterocycles. The zero-order valence-corrected chi connectivity index (χ0v) is 15.7. The molecule has 138 valence electrons. The van der Waals surface area contributed by atoms with Crippen molar-refractivity contribution in [2.45, 2.75) is 32.6 Å². The van der Waals surface area contributed by atoms with Gasteiger partial charge in [0.05, 0.1) is 19.3 Å². The van der Waals surface area contributed by atoms with Gasteiger partial charge in [-0.1, -0.05) is 6.07 Å². The molecular weight excluding hydrogens is 352 g/mol. The van der Waals surface area contributed by atoms with Crippen molar-refractivity contribution in [1.82, 2.24) is 0 Å². The van der Waals surface area contributed by atoms with Crippen molar-refractivity contribution in [2.75, 3.05) is 24.4 Å². The Morgan fingerprint density at radius 1 is 1.19 bits per heavy atom. The van der Waals surface area contributed by atoms with Crippen molar-refractivity contribution in [2.24, 2.45) is 0 Å². The average Bonchev–Trinajstić information content (AvgIpc) is 2.99. The summed E-state index contributed by atoms with van der Waals surface area (Å²) in [5.74, 6) is 0.283. The van der Waals surface area contributed by atoms with Gasteiger partial charge in [-0.25, -0.2) is 9.59 Å². The van der Waals surface area contributed by atoms with Gasteiger partial charge in [0.15, 0.2) is 0 Å².